The van der Waals surface area contributed by atoms with Gasteiger partial charge in [-0.2, -0.15) is 10.5 Å². The van der Waals surface area contributed by atoms with Crippen LogP contribution in [-0.2, 0) is 21.7 Å². The second kappa shape index (κ2) is 16.5. The molecule has 0 N–H and O–H groups in total. The van der Waals surface area contributed by atoms with Crippen LogP contribution in [0.25, 0.3) is 88.6 Å². The van der Waals surface area contributed by atoms with Crippen molar-refractivity contribution in [2.45, 2.75) is 105 Å². The molecule has 5 nitrogen and oxygen atoms in total. The number of rotatable bonds is 5. The average molecular weight is 912 g/mol. The van der Waals surface area contributed by atoms with Gasteiger partial charge < -0.3 is 9.13 Å². The lowest BCUT2D eigenvalue weighted by Gasteiger charge is -2.19. The molecule has 0 spiro atoms. The molecule has 5 heteroatoms. The maximum atomic E-state index is 10.4. The molecule has 0 aliphatic rings. The molecule has 3 heterocycles. The van der Waals surface area contributed by atoms with E-state index in [9.17, 15) is 10.5 Å². The Bertz CT molecular complexity index is 3440. The number of hydrogen-bond acceptors (Lipinski definition) is 3. The second-order valence-electron chi connectivity index (χ2n) is 23.3. The molecule has 3 aromatic heterocycles. The minimum Gasteiger partial charge on any atom is -0.309 e. The lowest BCUT2D eigenvalue weighted by Crippen LogP contribution is -2.10. The number of nitrogens with zero attached hydrogens (tertiary/aromatic N) is 5. The Morgan fingerprint density at radius 1 is 0.371 bits per heavy atom. The zero-order chi connectivity index (χ0) is 49.7. The molecule has 10 rings (SSSR count). The predicted molar refractivity (Wildman–Crippen MR) is 293 cm³/mol. The number of aromatic nitrogens is 3. The van der Waals surface area contributed by atoms with Crippen molar-refractivity contribution in [3.63, 3.8) is 0 Å². The van der Waals surface area contributed by atoms with Gasteiger partial charge in [0.1, 0.15) is 12.1 Å². The lowest BCUT2D eigenvalue weighted by atomic mass is 9.85. The van der Waals surface area contributed by atoms with Gasteiger partial charge in [-0.1, -0.05) is 144 Å². The maximum Gasteiger partial charge on any atom is 0.101 e. The molecule has 0 unspecified atom stereocenters. The standard InChI is InChI=1S/C65H61N5/c1-62(2,3)44-20-28-58-51(34-44)52-35-45(63(4,5)6)21-29-59(52)69(58)48-24-16-40(17-25-48)56-32-43(50-15-13-14-42(38-66)55(50)39-67)33-57(68-56)41-18-26-49(27-19-41)70-60-30-22-46(64(7,8)9)36-53(60)54-37-47(65(10,11)12)23-31-61(54)70/h13-37H,1-12H3. The molecule has 70 heavy (non-hydrogen) atoms. The van der Waals surface area contributed by atoms with Gasteiger partial charge in [-0.05, 0) is 140 Å². The molecule has 0 saturated heterocycles. The highest BCUT2D eigenvalue weighted by Gasteiger charge is 2.24. The summed E-state index contributed by atoms with van der Waals surface area (Å²) in [7, 11) is 0. The van der Waals surface area contributed by atoms with Crippen molar-refractivity contribution in [1.82, 2.24) is 14.1 Å². The zero-order valence-electron chi connectivity index (χ0n) is 42.7. The molecule has 0 fully saturated rings. The minimum absolute atomic E-state index is 0.0120. The fourth-order valence-corrected chi connectivity index (χ4v) is 10.0. The van der Waals surface area contributed by atoms with Gasteiger partial charge in [0.05, 0.1) is 44.6 Å². The van der Waals surface area contributed by atoms with Crippen LogP contribution in [0.1, 0.15) is 116 Å². The smallest absolute Gasteiger partial charge is 0.101 e. The normalized spacial score (nSPS) is 12.5. The van der Waals surface area contributed by atoms with E-state index in [1.54, 1.807) is 6.07 Å². The van der Waals surface area contributed by atoms with Gasteiger partial charge >= 0.3 is 0 Å². The van der Waals surface area contributed by atoms with E-state index >= 15 is 0 Å². The van der Waals surface area contributed by atoms with Gasteiger partial charge in [-0.25, -0.2) is 4.98 Å². The number of benzene rings is 7. The highest BCUT2D eigenvalue weighted by atomic mass is 15.0. The SMILES string of the molecule is CC(C)(C)c1ccc2c(c1)c1cc(C(C)(C)C)ccc1n2-c1ccc(-c2cc(-c3cccc(C#N)c3C#N)cc(-c3ccc(-n4c5ccc(C(C)(C)C)cc5c5cc(C(C)(C)C)ccc54)cc3)n2)cc1. The largest absolute Gasteiger partial charge is 0.309 e. The summed E-state index contributed by atoms with van der Waals surface area (Å²) >= 11 is 0. The molecular weight excluding hydrogens is 851 g/mol. The van der Waals surface area contributed by atoms with Crippen LogP contribution in [0.15, 0.2) is 152 Å². The van der Waals surface area contributed by atoms with Gasteiger partial charge in [0.25, 0.3) is 0 Å². The Kier molecular flexibility index (Phi) is 10.8. The first kappa shape index (κ1) is 46.0. The first-order chi connectivity index (χ1) is 33.1. The summed E-state index contributed by atoms with van der Waals surface area (Å²) in [5.74, 6) is 0. The molecule has 0 saturated carbocycles. The predicted octanol–water partition coefficient (Wildman–Crippen LogP) is 17.2. The third-order valence-electron chi connectivity index (χ3n) is 14.3. The first-order valence-electron chi connectivity index (χ1n) is 24.5. The van der Waals surface area contributed by atoms with Crippen LogP contribution < -0.4 is 0 Å². The number of hydrogen-bond donors (Lipinski definition) is 0. The Labute approximate surface area is 413 Å². The van der Waals surface area contributed by atoms with Crippen molar-refractivity contribution < 1.29 is 0 Å². The van der Waals surface area contributed by atoms with E-state index in [4.69, 9.17) is 4.98 Å². The van der Waals surface area contributed by atoms with Crippen molar-refractivity contribution in [2.24, 2.45) is 0 Å². The molecule has 0 aliphatic heterocycles. The molecule has 0 aliphatic carbocycles. The first-order valence-corrected chi connectivity index (χ1v) is 24.5. The summed E-state index contributed by atoms with van der Waals surface area (Å²) in [6.45, 7) is 27.3. The van der Waals surface area contributed by atoms with Gasteiger partial charge in [-0.15, -0.1) is 0 Å². The summed E-state index contributed by atoms with van der Waals surface area (Å²) in [5, 5.41) is 25.4. The van der Waals surface area contributed by atoms with Crippen molar-refractivity contribution in [3.8, 4) is 57.2 Å². The van der Waals surface area contributed by atoms with Crippen LogP contribution >= 0.6 is 0 Å². The van der Waals surface area contributed by atoms with Crippen LogP contribution in [0, 0.1) is 22.7 Å². The summed E-state index contributed by atoms with van der Waals surface area (Å²) < 4.78 is 4.75. The summed E-state index contributed by atoms with van der Waals surface area (Å²) in [4.78, 5) is 5.35. The van der Waals surface area contributed by atoms with Gasteiger partial charge in [0.15, 0.2) is 0 Å². The topological polar surface area (TPSA) is 70.3 Å². The van der Waals surface area contributed by atoms with Crippen LogP contribution in [-0.4, -0.2) is 14.1 Å². The average Bonchev–Trinajstić information content (AvgIpc) is 3.84. The number of nitriles is 2. The fraction of sp³-hybridized carbons (Fsp3) is 0.246. The van der Waals surface area contributed by atoms with E-state index in [1.165, 1.54) is 65.9 Å². The third kappa shape index (κ3) is 8.04. The van der Waals surface area contributed by atoms with Gasteiger partial charge in [-0.3, -0.25) is 0 Å². The van der Waals surface area contributed by atoms with Crippen molar-refractivity contribution >= 4 is 43.6 Å². The Balaban J connectivity index is 1.10. The van der Waals surface area contributed by atoms with Crippen molar-refractivity contribution in [1.29, 1.82) is 10.5 Å². The fourth-order valence-electron chi connectivity index (χ4n) is 10.0. The highest BCUT2D eigenvalue weighted by molar-refractivity contribution is 6.11. The summed E-state index contributed by atoms with van der Waals surface area (Å²) in [6, 6.07) is 59.1. The molecule has 0 bridgehead atoms. The summed E-state index contributed by atoms with van der Waals surface area (Å²) in [5.41, 5.74) is 17.7. The molecule has 0 radical (unpaired) electrons. The van der Waals surface area contributed by atoms with E-state index in [2.05, 4.69) is 226 Å². The molecular formula is C65H61N5. The Morgan fingerprint density at radius 2 is 0.714 bits per heavy atom. The minimum atomic E-state index is 0.0120. The summed E-state index contributed by atoms with van der Waals surface area (Å²) in [6.07, 6.45) is 0. The molecule has 346 valence electrons. The second-order valence-corrected chi connectivity index (χ2v) is 23.3. The van der Waals surface area contributed by atoms with E-state index in [1.807, 2.05) is 24.3 Å². The highest BCUT2D eigenvalue weighted by Crippen LogP contribution is 2.41. The molecule has 0 amide bonds. The van der Waals surface area contributed by atoms with E-state index in [0.29, 0.717) is 16.7 Å². The van der Waals surface area contributed by atoms with E-state index in [-0.39, 0.29) is 21.7 Å². The Morgan fingerprint density at radius 3 is 1.01 bits per heavy atom. The monoisotopic (exact) mass is 911 g/mol. The van der Waals surface area contributed by atoms with Crippen molar-refractivity contribution in [2.75, 3.05) is 0 Å². The maximum absolute atomic E-state index is 10.4. The lowest BCUT2D eigenvalue weighted by molar-refractivity contribution is 0.590. The van der Waals surface area contributed by atoms with Gasteiger partial charge in [0, 0.05) is 49.6 Å². The number of pyridine rings is 1. The molecule has 10 aromatic rings. The third-order valence-corrected chi connectivity index (χ3v) is 14.3. The van der Waals surface area contributed by atoms with Crippen LogP contribution in [0.4, 0.5) is 0 Å². The van der Waals surface area contributed by atoms with Crippen LogP contribution in [0.2, 0.25) is 0 Å². The van der Waals surface area contributed by atoms with E-state index in [0.717, 1.165) is 39.5 Å². The van der Waals surface area contributed by atoms with Gasteiger partial charge in [0.2, 0.25) is 0 Å². The van der Waals surface area contributed by atoms with Crippen LogP contribution in [0.3, 0.4) is 0 Å². The quantitative estimate of drug-likeness (QED) is 0.173. The molecule has 7 aromatic carbocycles. The van der Waals surface area contributed by atoms with E-state index < -0.39 is 0 Å². The van der Waals surface area contributed by atoms with Crippen LogP contribution in [0.5, 0.6) is 0 Å². The Hall–Kier alpha value is -7.73. The molecule has 0 atom stereocenters. The zero-order valence-corrected chi connectivity index (χ0v) is 42.7. The van der Waals surface area contributed by atoms with Crippen molar-refractivity contribution in [3.05, 3.63) is 185 Å². The number of fused-ring (bicyclic) bond motifs is 6.